The van der Waals surface area contributed by atoms with Gasteiger partial charge in [0.25, 0.3) is 5.56 Å². The van der Waals surface area contributed by atoms with Gasteiger partial charge in [0.1, 0.15) is 18.2 Å². The predicted octanol–water partition coefficient (Wildman–Crippen LogP) is 3.21. The molecule has 1 aliphatic heterocycles. The maximum atomic E-state index is 12.5. The summed E-state index contributed by atoms with van der Waals surface area (Å²) in [5.41, 5.74) is 2.20. The van der Waals surface area contributed by atoms with Gasteiger partial charge in [-0.15, -0.1) is 0 Å². The Kier molecular flexibility index (Phi) is 4.73. The monoisotopic (exact) mass is 378 g/mol. The molecular formula is C21H22N4O3. The zero-order valence-corrected chi connectivity index (χ0v) is 15.8. The second-order valence-corrected chi connectivity index (χ2v) is 7.15. The van der Waals surface area contributed by atoms with Crippen LogP contribution >= 0.6 is 0 Å². The number of hydrogen-bond donors (Lipinski definition) is 2. The number of rotatable bonds is 5. The molecule has 2 N–H and O–H groups in total. The molecule has 1 amide bonds. The fraction of sp³-hybridized carbons (Fsp3) is 0.286. The Bertz CT molecular complexity index is 1040. The van der Waals surface area contributed by atoms with Crippen molar-refractivity contribution in [2.24, 2.45) is 0 Å². The van der Waals surface area contributed by atoms with Gasteiger partial charge in [-0.2, -0.15) is 0 Å². The Hall–Kier alpha value is -3.35. The average molecular weight is 378 g/mol. The third-order valence-electron chi connectivity index (χ3n) is 4.87. The standard InChI is InChI=1S/C21H22N4O3/c1-13(2)25-20-19(21(27)24-25)17(11-18(26)23-20)14-6-8-16(9-7-14)28-12-15-5-3-4-10-22-15/h3-10,13,17H,11-12H2,1-2H3,(H,23,26)(H,24,27)/t17-/m1/s1. The Balaban J connectivity index is 1.58. The van der Waals surface area contributed by atoms with E-state index < -0.39 is 0 Å². The maximum Gasteiger partial charge on any atom is 0.270 e. The number of H-pyrrole nitrogens is 1. The van der Waals surface area contributed by atoms with Crippen LogP contribution in [0, 0.1) is 0 Å². The van der Waals surface area contributed by atoms with E-state index in [0.717, 1.165) is 11.3 Å². The molecule has 1 atom stereocenters. The number of benzene rings is 1. The van der Waals surface area contributed by atoms with Crippen LogP contribution in [0.25, 0.3) is 0 Å². The number of pyridine rings is 1. The number of aromatic nitrogens is 3. The summed E-state index contributed by atoms with van der Waals surface area (Å²) in [7, 11) is 0. The topological polar surface area (TPSA) is 89.0 Å². The summed E-state index contributed by atoms with van der Waals surface area (Å²) in [5, 5.41) is 5.68. The van der Waals surface area contributed by atoms with Gasteiger partial charge in [-0.25, -0.2) is 0 Å². The number of nitrogens with zero attached hydrogens (tertiary/aromatic N) is 2. The molecule has 0 fully saturated rings. The van der Waals surface area contributed by atoms with Gasteiger partial charge in [0.2, 0.25) is 5.91 Å². The first kappa shape index (κ1) is 18.0. The molecule has 1 aromatic carbocycles. The first-order valence-corrected chi connectivity index (χ1v) is 9.30. The molecule has 0 aliphatic carbocycles. The normalized spacial score (nSPS) is 16.0. The van der Waals surface area contributed by atoms with Crippen LogP contribution in [0.15, 0.2) is 53.5 Å². The molecule has 1 aliphatic rings. The van der Waals surface area contributed by atoms with Crippen LogP contribution in [0.1, 0.15) is 49.0 Å². The number of amides is 1. The third-order valence-corrected chi connectivity index (χ3v) is 4.87. The summed E-state index contributed by atoms with van der Waals surface area (Å²) in [4.78, 5) is 29.0. The Morgan fingerprint density at radius 1 is 1.18 bits per heavy atom. The van der Waals surface area contributed by atoms with E-state index in [4.69, 9.17) is 4.74 Å². The molecule has 0 saturated heterocycles. The van der Waals surface area contributed by atoms with Gasteiger partial charge in [0.15, 0.2) is 0 Å². The zero-order chi connectivity index (χ0) is 19.7. The van der Waals surface area contributed by atoms with Gasteiger partial charge >= 0.3 is 0 Å². The molecular weight excluding hydrogens is 356 g/mol. The molecule has 2 aromatic heterocycles. The average Bonchev–Trinajstić information content (AvgIpc) is 3.03. The number of nitrogens with one attached hydrogen (secondary N) is 2. The fourth-order valence-corrected chi connectivity index (χ4v) is 3.49. The van der Waals surface area contributed by atoms with Crippen LogP contribution in [0.2, 0.25) is 0 Å². The molecule has 28 heavy (non-hydrogen) atoms. The second kappa shape index (κ2) is 7.34. The van der Waals surface area contributed by atoms with E-state index in [0.29, 0.717) is 23.7 Å². The van der Waals surface area contributed by atoms with E-state index in [9.17, 15) is 9.59 Å². The molecule has 0 bridgehead atoms. The Morgan fingerprint density at radius 3 is 2.64 bits per heavy atom. The zero-order valence-electron chi connectivity index (χ0n) is 15.8. The minimum Gasteiger partial charge on any atom is -0.487 e. The van der Waals surface area contributed by atoms with Crippen molar-refractivity contribution in [2.45, 2.75) is 38.8 Å². The number of ether oxygens (including phenoxy) is 1. The van der Waals surface area contributed by atoms with Crippen LogP contribution in [-0.2, 0) is 11.4 Å². The van der Waals surface area contributed by atoms with Gasteiger partial charge < -0.3 is 10.1 Å². The van der Waals surface area contributed by atoms with Crippen molar-refractivity contribution in [1.29, 1.82) is 0 Å². The molecule has 0 unspecified atom stereocenters. The molecule has 7 heteroatoms. The van der Waals surface area contributed by atoms with Crippen molar-refractivity contribution in [3.8, 4) is 5.75 Å². The smallest absolute Gasteiger partial charge is 0.270 e. The lowest BCUT2D eigenvalue weighted by Crippen LogP contribution is -2.27. The fourth-order valence-electron chi connectivity index (χ4n) is 3.49. The highest BCUT2D eigenvalue weighted by molar-refractivity contribution is 5.94. The van der Waals surface area contributed by atoms with E-state index in [1.165, 1.54) is 0 Å². The van der Waals surface area contributed by atoms with Gasteiger partial charge in [0, 0.05) is 24.6 Å². The summed E-state index contributed by atoms with van der Waals surface area (Å²) >= 11 is 0. The number of hydrogen-bond acceptors (Lipinski definition) is 4. The molecule has 3 heterocycles. The molecule has 4 rings (SSSR count). The summed E-state index contributed by atoms with van der Waals surface area (Å²) in [6.45, 7) is 4.30. The predicted molar refractivity (Wildman–Crippen MR) is 106 cm³/mol. The van der Waals surface area contributed by atoms with Crippen LogP contribution in [0.5, 0.6) is 5.75 Å². The molecule has 3 aromatic rings. The maximum absolute atomic E-state index is 12.5. The lowest BCUT2D eigenvalue weighted by Gasteiger charge is -2.24. The largest absolute Gasteiger partial charge is 0.487 e. The van der Waals surface area contributed by atoms with Crippen LogP contribution in [0.4, 0.5) is 5.82 Å². The lowest BCUT2D eigenvalue weighted by molar-refractivity contribution is -0.116. The highest BCUT2D eigenvalue weighted by Crippen LogP contribution is 2.36. The lowest BCUT2D eigenvalue weighted by atomic mass is 9.87. The number of fused-ring (bicyclic) bond motifs is 1. The summed E-state index contributed by atoms with van der Waals surface area (Å²) in [5.74, 6) is 0.902. The van der Waals surface area contributed by atoms with Crippen molar-refractivity contribution >= 4 is 11.7 Å². The molecule has 7 nitrogen and oxygen atoms in total. The minimum atomic E-state index is -0.280. The van der Waals surface area contributed by atoms with Crippen molar-refractivity contribution in [1.82, 2.24) is 14.8 Å². The number of anilines is 1. The number of aromatic amines is 1. The van der Waals surface area contributed by atoms with Crippen molar-refractivity contribution in [3.05, 3.63) is 75.8 Å². The second-order valence-electron chi connectivity index (χ2n) is 7.15. The molecule has 0 radical (unpaired) electrons. The minimum absolute atomic E-state index is 0.0397. The highest BCUT2D eigenvalue weighted by atomic mass is 16.5. The Morgan fingerprint density at radius 2 is 1.96 bits per heavy atom. The van der Waals surface area contributed by atoms with Gasteiger partial charge in [-0.3, -0.25) is 24.4 Å². The van der Waals surface area contributed by atoms with Crippen molar-refractivity contribution in [2.75, 3.05) is 5.32 Å². The van der Waals surface area contributed by atoms with E-state index in [-0.39, 0.29) is 29.8 Å². The summed E-state index contributed by atoms with van der Waals surface area (Å²) in [6.07, 6.45) is 1.97. The van der Waals surface area contributed by atoms with Crippen LogP contribution in [0.3, 0.4) is 0 Å². The highest BCUT2D eigenvalue weighted by Gasteiger charge is 2.32. The van der Waals surface area contributed by atoms with Crippen LogP contribution < -0.4 is 15.6 Å². The van der Waals surface area contributed by atoms with E-state index in [1.807, 2.05) is 56.3 Å². The number of carbonyl (C=O) groups is 1. The molecule has 144 valence electrons. The third kappa shape index (κ3) is 3.43. The first-order valence-electron chi connectivity index (χ1n) is 9.30. The van der Waals surface area contributed by atoms with Crippen molar-refractivity contribution in [3.63, 3.8) is 0 Å². The van der Waals surface area contributed by atoms with Crippen molar-refractivity contribution < 1.29 is 9.53 Å². The van der Waals surface area contributed by atoms with Crippen LogP contribution in [-0.4, -0.2) is 20.7 Å². The first-order chi connectivity index (χ1) is 13.5. The Labute approximate surface area is 162 Å². The van der Waals surface area contributed by atoms with Gasteiger partial charge in [-0.05, 0) is 43.7 Å². The molecule has 0 saturated carbocycles. The quantitative estimate of drug-likeness (QED) is 0.713. The summed E-state index contributed by atoms with van der Waals surface area (Å²) in [6, 6.07) is 13.3. The number of carbonyl (C=O) groups excluding carboxylic acids is 1. The van der Waals surface area contributed by atoms with E-state index >= 15 is 0 Å². The van der Waals surface area contributed by atoms with Gasteiger partial charge in [0.05, 0.1) is 11.3 Å². The molecule has 0 spiro atoms. The summed E-state index contributed by atoms with van der Waals surface area (Å²) < 4.78 is 7.48. The van der Waals surface area contributed by atoms with E-state index in [2.05, 4.69) is 15.4 Å². The van der Waals surface area contributed by atoms with E-state index in [1.54, 1.807) is 10.9 Å². The van der Waals surface area contributed by atoms with Gasteiger partial charge in [-0.1, -0.05) is 18.2 Å². The SMILES string of the molecule is CC(C)n1[nH]c(=O)c2c1NC(=O)C[C@@H]2c1ccc(OCc2ccccn2)cc1.